The molecule has 1 rings (SSSR count). The van der Waals surface area contributed by atoms with Gasteiger partial charge in [0, 0.05) is 0 Å². The van der Waals surface area contributed by atoms with Gasteiger partial charge in [-0.25, -0.2) is 0 Å². The predicted octanol–water partition coefficient (Wildman–Crippen LogP) is 2.41. The normalized spacial score (nSPS) is 12.2. The molecule has 0 N–H and O–H groups in total. The average Bonchev–Trinajstić information content (AvgIpc) is 2.04. The first-order chi connectivity index (χ1) is 6.08. The van der Waals surface area contributed by atoms with E-state index in [1.807, 2.05) is 0 Å². The van der Waals surface area contributed by atoms with Gasteiger partial charge in [-0.2, -0.15) is 0 Å². The van der Waals surface area contributed by atoms with Gasteiger partial charge in [-0.1, -0.05) is 0 Å². The van der Waals surface area contributed by atoms with Gasteiger partial charge in [0.2, 0.25) is 0 Å². The first-order valence-corrected chi connectivity index (χ1v) is 9.90. The molecule has 0 spiro atoms. The number of rotatable bonds is 3. The van der Waals surface area contributed by atoms with Crippen molar-refractivity contribution in [2.75, 3.05) is 0 Å². The first-order valence-electron chi connectivity index (χ1n) is 4.47. The Morgan fingerprint density at radius 1 is 1.08 bits per heavy atom. The van der Waals surface area contributed by atoms with E-state index >= 15 is 0 Å². The molecule has 1 aromatic rings. The molecule has 0 saturated heterocycles. The number of benzene rings is 1. The van der Waals surface area contributed by atoms with Crippen LogP contribution in [0.3, 0.4) is 0 Å². The van der Waals surface area contributed by atoms with E-state index < -0.39 is 8.07 Å². The Morgan fingerprint density at radius 2 is 1.69 bits per heavy atom. The summed E-state index contributed by atoms with van der Waals surface area (Å²) in [7, 11) is -0.976. The molecule has 0 fully saturated rings. The third kappa shape index (κ3) is 5.09. The van der Waals surface area contributed by atoms with Gasteiger partial charge in [-0.15, -0.1) is 0 Å². The first kappa shape index (κ1) is 10.8. The Bertz CT molecular complexity index is 272. The van der Waals surface area contributed by atoms with Crippen LogP contribution in [0.5, 0.6) is 0 Å². The summed E-state index contributed by atoms with van der Waals surface area (Å²) in [6.45, 7) is 7.10. The molecule has 0 bridgehead atoms. The van der Waals surface area contributed by atoms with Crippen LogP contribution < -0.4 is 4.46 Å². The molecule has 0 aliphatic heterocycles. The van der Waals surface area contributed by atoms with Crippen LogP contribution in [0.1, 0.15) is 0 Å². The van der Waals surface area contributed by atoms with Gasteiger partial charge in [-0.3, -0.25) is 0 Å². The zero-order chi connectivity index (χ0) is 9.73. The van der Waals surface area contributed by atoms with Crippen molar-refractivity contribution < 1.29 is 0 Å². The summed E-state index contributed by atoms with van der Waals surface area (Å²) in [5.74, 6) is 0. The van der Waals surface area contributed by atoms with E-state index in [0.29, 0.717) is 15.0 Å². The minimum atomic E-state index is -0.976. The van der Waals surface area contributed by atoms with E-state index in [4.69, 9.17) is 0 Å². The van der Waals surface area contributed by atoms with E-state index in [0.717, 1.165) is 0 Å². The molecule has 0 heterocycles. The Balaban J connectivity index is 2.49. The van der Waals surface area contributed by atoms with Crippen molar-refractivity contribution in [2.24, 2.45) is 0 Å². The SMILES string of the molecule is C[Si](C)(C)/C=C/[Se]c1ccccc1. The standard InChI is InChI=1S/C11H16SeSi/c1-13(2,3)10-9-12-11-7-5-4-6-8-11/h4-10H,1-3H3/b10-9+. The Kier molecular flexibility index (Phi) is 3.98. The second-order valence-corrected chi connectivity index (χ2v) is 11.2. The quantitative estimate of drug-likeness (QED) is 0.728. The van der Waals surface area contributed by atoms with Crippen molar-refractivity contribution in [1.82, 2.24) is 0 Å². The zero-order valence-electron chi connectivity index (χ0n) is 8.45. The van der Waals surface area contributed by atoms with Gasteiger partial charge in [0.25, 0.3) is 0 Å². The summed E-state index contributed by atoms with van der Waals surface area (Å²) < 4.78 is 1.46. The van der Waals surface area contributed by atoms with Gasteiger partial charge in [0.1, 0.15) is 0 Å². The Morgan fingerprint density at radius 3 is 2.23 bits per heavy atom. The van der Waals surface area contributed by atoms with Crippen molar-refractivity contribution in [3.63, 3.8) is 0 Å². The van der Waals surface area contributed by atoms with Crippen LogP contribution in [0.4, 0.5) is 0 Å². The summed E-state index contributed by atoms with van der Waals surface area (Å²) in [6, 6.07) is 10.7. The molecule has 0 aromatic heterocycles. The summed E-state index contributed by atoms with van der Waals surface area (Å²) in [4.78, 5) is 2.37. The monoisotopic (exact) mass is 256 g/mol. The predicted molar refractivity (Wildman–Crippen MR) is 64.3 cm³/mol. The molecule has 0 unspecified atom stereocenters. The van der Waals surface area contributed by atoms with Crippen LogP contribution in [0.25, 0.3) is 0 Å². The molecular formula is C11H16SeSi. The molecular weight excluding hydrogens is 239 g/mol. The maximum atomic E-state index is 2.43. The molecule has 0 saturated carbocycles. The topological polar surface area (TPSA) is 0 Å². The summed E-state index contributed by atoms with van der Waals surface area (Å²) in [5.41, 5.74) is 2.43. The van der Waals surface area contributed by atoms with Crippen LogP contribution in [-0.4, -0.2) is 23.0 Å². The van der Waals surface area contributed by atoms with E-state index in [9.17, 15) is 0 Å². The van der Waals surface area contributed by atoms with Crippen molar-refractivity contribution in [2.45, 2.75) is 19.6 Å². The molecule has 0 radical (unpaired) electrons. The van der Waals surface area contributed by atoms with Crippen molar-refractivity contribution in [3.8, 4) is 0 Å². The van der Waals surface area contributed by atoms with Gasteiger partial charge >= 0.3 is 88.1 Å². The Hall–Kier alpha value is -0.304. The van der Waals surface area contributed by atoms with Gasteiger partial charge in [0.15, 0.2) is 0 Å². The van der Waals surface area contributed by atoms with Gasteiger partial charge in [-0.05, 0) is 0 Å². The second kappa shape index (κ2) is 4.80. The molecule has 0 aliphatic rings. The van der Waals surface area contributed by atoms with E-state index in [-0.39, 0.29) is 0 Å². The third-order valence-electron chi connectivity index (χ3n) is 1.52. The summed E-state index contributed by atoms with van der Waals surface area (Å²) in [5, 5.41) is 0. The van der Waals surface area contributed by atoms with Crippen LogP contribution in [0.15, 0.2) is 41.0 Å². The van der Waals surface area contributed by atoms with Crippen LogP contribution in [0.2, 0.25) is 19.6 Å². The van der Waals surface area contributed by atoms with E-state index in [1.165, 1.54) is 4.46 Å². The fourth-order valence-electron chi connectivity index (χ4n) is 0.816. The third-order valence-corrected chi connectivity index (χ3v) is 4.94. The van der Waals surface area contributed by atoms with Crippen molar-refractivity contribution in [1.29, 1.82) is 0 Å². The van der Waals surface area contributed by atoms with Gasteiger partial charge < -0.3 is 0 Å². The fraction of sp³-hybridized carbons (Fsp3) is 0.273. The molecule has 1 aromatic carbocycles. The van der Waals surface area contributed by atoms with Crippen molar-refractivity contribution >= 4 is 27.5 Å². The molecule has 0 atom stereocenters. The fourth-order valence-corrected chi connectivity index (χ4v) is 5.28. The maximum absolute atomic E-state index is 2.43. The van der Waals surface area contributed by atoms with Crippen molar-refractivity contribution in [3.05, 3.63) is 41.0 Å². The van der Waals surface area contributed by atoms with E-state index in [2.05, 4.69) is 60.6 Å². The molecule has 0 aliphatic carbocycles. The molecule has 13 heavy (non-hydrogen) atoms. The van der Waals surface area contributed by atoms with Crippen LogP contribution in [0, 0.1) is 0 Å². The number of hydrogen-bond acceptors (Lipinski definition) is 0. The molecule has 0 nitrogen and oxygen atoms in total. The zero-order valence-corrected chi connectivity index (χ0v) is 11.2. The molecule has 0 amide bonds. The van der Waals surface area contributed by atoms with E-state index in [1.54, 1.807) is 0 Å². The van der Waals surface area contributed by atoms with Crippen LogP contribution in [-0.2, 0) is 0 Å². The van der Waals surface area contributed by atoms with Gasteiger partial charge in [0.05, 0.1) is 0 Å². The average molecular weight is 255 g/mol. The summed E-state index contributed by atoms with van der Waals surface area (Å²) >= 11 is 0.529. The number of hydrogen-bond donors (Lipinski definition) is 0. The van der Waals surface area contributed by atoms with Crippen LogP contribution >= 0.6 is 0 Å². The summed E-state index contributed by atoms with van der Waals surface area (Å²) in [6.07, 6.45) is 0. The minimum absolute atomic E-state index is 0.529. The second-order valence-electron chi connectivity index (χ2n) is 4.10. The molecule has 70 valence electrons. The Labute approximate surface area is 88.2 Å². The molecule has 2 heteroatoms.